The Morgan fingerprint density at radius 1 is 1.13 bits per heavy atom. The molecule has 0 radical (unpaired) electrons. The second-order valence-electron chi connectivity index (χ2n) is 8.53. The van der Waals surface area contributed by atoms with Crippen molar-refractivity contribution in [2.24, 2.45) is 0 Å². The fraction of sp³-hybridized carbons (Fsp3) is 0.375. The molecule has 0 unspecified atom stereocenters. The molecule has 0 bridgehead atoms. The first-order valence-electron chi connectivity index (χ1n) is 10.4. The van der Waals surface area contributed by atoms with E-state index >= 15 is 0 Å². The van der Waals surface area contributed by atoms with Crippen LogP contribution in [0.1, 0.15) is 53.2 Å². The van der Waals surface area contributed by atoms with Crippen LogP contribution in [0.15, 0.2) is 36.4 Å². The van der Waals surface area contributed by atoms with Gasteiger partial charge >= 0.3 is 0 Å². The van der Waals surface area contributed by atoms with Gasteiger partial charge in [-0.15, -0.1) is 0 Å². The van der Waals surface area contributed by atoms with Crippen LogP contribution in [0.25, 0.3) is 10.9 Å². The van der Waals surface area contributed by atoms with Crippen molar-refractivity contribution >= 4 is 34.1 Å². The van der Waals surface area contributed by atoms with E-state index in [9.17, 15) is 9.18 Å². The zero-order valence-corrected chi connectivity index (χ0v) is 18.3. The monoisotopic (exact) mass is 427 g/mol. The van der Waals surface area contributed by atoms with E-state index in [0.717, 1.165) is 36.8 Å². The first kappa shape index (κ1) is 20.9. The third kappa shape index (κ3) is 4.23. The average Bonchev–Trinajstić information content (AvgIpc) is 3.17. The third-order valence-electron chi connectivity index (χ3n) is 6.27. The maximum atomic E-state index is 14.1. The smallest absolute Gasteiger partial charge is 0.272 e. The summed E-state index contributed by atoms with van der Waals surface area (Å²) in [6, 6.07) is 11.1. The van der Waals surface area contributed by atoms with Crippen molar-refractivity contribution in [2.75, 3.05) is 19.4 Å². The van der Waals surface area contributed by atoms with Gasteiger partial charge in [-0.2, -0.15) is 0 Å². The van der Waals surface area contributed by atoms with Gasteiger partial charge in [0.05, 0.1) is 5.52 Å². The van der Waals surface area contributed by atoms with Gasteiger partial charge in [-0.1, -0.05) is 17.7 Å². The normalized spacial score (nSPS) is 19.4. The maximum Gasteiger partial charge on any atom is 0.272 e. The number of carbonyl (C=O) groups excluding carboxylic acids is 1. The summed E-state index contributed by atoms with van der Waals surface area (Å²) in [5.41, 5.74) is 3.68. The number of rotatable bonds is 4. The average molecular weight is 428 g/mol. The highest BCUT2D eigenvalue weighted by Gasteiger charge is 2.24. The van der Waals surface area contributed by atoms with Crippen LogP contribution in [-0.2, 0) is 0 Å². The molecule has 3 aromatic rings. The van der Waals surface area contributed by atoms with Crippen LogP contribution in [0, 0.1) is 12.7 Å². The van der Waals surface area contributed by atoms with Crippen LogP contribution >= 0.6 is 11.6 Å². The lowest BCUT2D eigenvalue weighted by Crippen LogP contribution is -2.31. The number of amides is 1. The Balaban J connectivity index is 1.53. The number of nitrogens with zero attached hydrogens (tertiary/aromatic N) is 1. The quantitative estimate of drug-likeness (QED) is 0.527. The van der Waals surface area contributed by atoms with E-state index in [0.29, 0.717) is 39.3 Å². The summed E-state index contributed by atoms with van der Waals surface area (Å²) in [6.45, 7) is 1.88. The van der Waals surface area contributed by atoms with E-state index in [-0.39, 0.29) is 11.7 Å². The van der Waals surface area contributed by atoms with Crippen molar-refractivity contribution in [3.63, 3.8) is 0 Å². The fourth-order valence-corrected chi connectivity index (χ4v) is 4.74. The third-order valence-corrected chi connectivity index (χ3v) is 6.49. The molecule has 2 N–H and O–H groups in total. The Kier molecular flexibility index (Phi) is 5.85. The van der Waals surface area contributed by atoms with Crippen molar-refractivity contribution in [2.45, 2.75) is 44.6 Å². The number of aryl methyl sites for hydroxylation is 1. The van der Waals surface area contributed by atoms with E-state index in [1.165, 1.54) is 6.07 Å². The SMILES string of the molecule is Cc1ccc(F)c2cc(C(=O)Nc3cc(Cl)cc([C@H]4CC[C@H](N(C)C)CC4)c3)[nH]c12. The second-order valence-corrected chi connectivity index (χ2v) is 8.97. The molecule has 1 heterocycles. The highest BCUT2D eigenvalue weighted by Crippen LogP contribution is 2.36. The summed E-state index contributed by atoms with van der Waals surface area (Å²) in [4.78, 5) is 18.1. The number of aromatic nitrogens is 1. The minimum absolute atomic E-state index is 0.311. The fourth-order valence-electron chi connectivity index (χ4n) is 4.49. The largest absolute Gasteiger partial charge is 0.350 e. The number of aromatic amines is 1. The van der Waals surface area contributed by atoms with Gasteiger partial charge in [-0.25, -0.2) is 4.39 Å². The van der Waals surface area contributed by atoms with E-state index < -0.39 is 0 Å². The van der Waals surface area contributed by atoms with E-state index in [2.05, 4.69) is 29.3 Å². The lowest BCUT2D eigenvalue weighted by atomic mass is 9.81. The van der Waals surface area contributed by atoms with E-state index in [1.807, 2.05) is 19.1 Å². The van der Waals surface area contributed by atoms with Gasteiger partial charge in [-0.3, -0.25) is 4.79 Å². The molecule has 6 heteroatoms. The number of anilines is 1. The van der Waals surface area contributed by atoms with Gasteiger partial charge in [0.1, 0.15) is 11.5 Å². The molecule has 0 aliphatic heterocycles. The van der Waals surface area contributed by atoms with Crippen LogP contribution in [0.3, 0.4) is 0 Å². The number of carbonyl (C=O) groups is 1. The van der Waals surface area contributed by atoms with Gasteiger partial charge in [0, 0.05) is 22.1 Å². The van der Waals surface area contributed by atoms with Crippen LogP contribution in [0.5, 0.6) is 0 Å². The molecule has 1 saturated carbocycles. The minimum Gasteiger partial charge on any atom is -0.350 e. The van der Waals surface area contributed by atoms with Crippen LogP contribution in [-0.4, -0.2) is 35.9 Å². The van der Waals surface area contributed by atoms with Crippen molar-refractivity contribution in [3.05, 3.63) is 64.1 Å². The molecule has 4 rings (SSSR count). The summed E-state index contributed by atoms with van der Waals surface area (Å²) < 4.78 is 14.1. The van der Waals surface area contributed by atoms with Gasteiger partial charge < -0.3 is 15.2 Å². The lowest BCUT2D eigenvalue weighted by Gasteiger charge is -2.33. The Bertz CT molecular complexity index is 1040. The van der Waals surface area contributed by atoms with Crippen LogP contribution < -0.4 is 5.32 Å². The molecule has 0 atom stereocenters. The highest BCUT2D eigenvalue weighted by molar-refractivity contribution is 6.31. The number of nitrogens with one attached hydrogen (secondary N) is 2. The van der Waals surface area contributed by atoms with E-state index in [4.69, 9.17) is 11.6 Å². The van der Waals surface area contributed by atoms with Crippen molar-refractivity contribution < 1.29 is 9.18 Å². The predicted octanol–water partition coefficient (Wildman–Crippen LogP) is 6.11. The van der Waals surface area contributed by atoms with Gasteiger partial charge in [0.2, 0.25) is 0 Å². The zero-order valence-electron chi connectivity index (χ0n) is 17.6. The molecule has 2 aromatic carbocycles. The molecule has 4 nitrogen and oxygen atoms in total. The van der Waals surface area contributed by atoms with Crippen molar-refractivity contribution in [3.8, 4) is 0 Å². The Hall–Kier alpha value is -2.37. The molecule has 0 saturated heterocycles. The Morgan fingerprint density at radius 2 is 1.87 bits per heavy atom. The number of benzene rings is 2. The molecular formula is C24H27ClFN3O. The minimum atomic E-state index is -0.343. The standard InChI is InChI=1S/C24H27ClFN3O/c1-14-4-9-21(26)20-13-22(28-23(14)20)24(30)27-18-11-16(10-17(25)12-18)15-5-7-19(8-6-15)29(2)3/h4,9-13,15,19,28H,5-8H2,1-3H3,(H,27,30)/t15-,19-. The van der Waals surface area contributed by atoms with Gasteiger partial charge in [0.15, 0.2) is 0 Å². The topological polar surface area (TPSA) is 48.1 Å². The Labute approximate surface area is 181 Å². The van der Waals surface area contributed by atoms with E-state index in [1.54, 1.807) is 18.2 Å². The number of halogens is 2. The molecule has 1 amide bonds. The zero-order chi connectivity index (χ0) is 21.4. The van der Waals surface area contributed by atoms with Gasteiger partial charge in [-0.05, 0) is 94.1 Å². The summed E-state index contributed by atoms with van der Waals surface area (Å²) in [6.07, 6.45) is 4.53. The Morgan fingerprint density at radius 3 is 2.53 bits per heavy atom. The molecule has 0 spiro atoms. The number of hydrogen-bond acceptors (Lipinski definition) is 2. The predicted molar refractivity (Wildman–Crippen MR) is 121 cm³/mol. The molecular weight excluding hydrogens is 401 g/mol. The van der Waals surface area contributed by atoms with Crippen LogP contribution in [0.2, 0.25) is 5.02 Å². The number of hydrogen-bond donors (Lipinski definition) is 2. The molecule has 158 valence electrons. The van der Waals surface area contributed by atoms with Crippen molar-refractivity contribution in [1.29, 1.82) is 0 Å². The molecule has 1 aliphatic carbocycles. The van der Waals surface area contributed by atoms with Crippen molar-refractivity contribution in [1.82, 2.24) is 9.88 Å². The maximum absolute atomic E-state index is 14.1. The molecule has 1 aromatic heterocycles. The summed E-state index contributed by atoms with van der Waals surface area (Å²) >= 11 is 6.37. The lowest BCUT2D eigenvalue weighted by molar-refractivity contribution is 0.102. The summed E-state index contributed by atoms with van der Waals surface area (Å²) in [5, 5.41) is 3.95. The first-order chi connectivity index (χ1) is 14.3. The second kappa shape index (κ2) is 8.40. The first-order valence-corrected chi connectivity index (χ1v) is 10.8. The van der Waals surface area contributed by atoms with Gasteiger partial charge in [0.25, 0.3) is 5.91 Å². The summed E-state index contributed by atoms with van der Waals surface area (Å²) in [5.74, 6) is -0.209. The molecule has 30 heavy (non-hydrogen) atoms. The summed E-state index contributed by atoms with van der Waals surface area (Å²) in [7, 11) is 4.27. The highest BCUT2D eigenvalue weighted by atomic mass is 35.5. The van der Waals surface area contributed by atoms with Crippen LogP contribution in [0.4, 0.5) is 10.1 Å². The molecule has 1 fully saturated rings. The molecule has 1 aliphatic rings. The number of H-pyrrole nitrogens is 1. The number of fused-ring (bicyclic) bond motifs is 1.